The normalized spacial score (nSPS) is 10.4. The fraction of sp³-hybridized carbons (Fsp3) is 0.111. The summed E-state index contributed by atoms with van der Waals surface area (Å²) in [4.78, 5) is 22.6. The van der Waals surface area contributed by atoms with E-state index in [1.807, 2.05) is 42.5 Å². The Bertz CT molecular complexity index is 657. The predicted molar refractivity (Wildman–Crippen MR) is 83.3 cm³/mol. The van der Waals surface area contributed by atoms with Gasteiger partial charge in [-0.05, 0) is 30.2 Å². The molecule has 0 N–H and O–H groups in total. The summed E-state index contributed by atoms with van der Waals surface area (Å²) in [6, 6.07) is 17.0. The Morgan fingerprint density at radius 1 is 0.864 bits per heavy atom. The SMILES string of the molecule is CCOC(=O)/C=C/C(=O)Oc1ccc(-c2ccccc2)cc1. The summed E-state index contributed by atoms with van der Waals surface area (Å²) < 4.78 is 9.77. The molecular weight excluding hydrogens is 280 g/mol. The third-order valence-electron chi connectivity index (χ3n) is 2.82. The number of rotatable bonds is 5. The second kappa shape index (κ2) is 7.78. The van der Waals surface area contributed by atoms with Crippen LogP contribution < -0.4 is 4.74 Å². The first-order chi connectivity index (χ1) is 10.7. The minimum Gasteiger partial charge on any atom is -0.463 e. The molecule has 2 aromatic rings. The van der Waals surface area contributed by atoms with Crippen molar-refractivity contribution in [3.63, 3.8) is 0 Å². The standard InChI is InChI=1S/C18H16O4/c1-2-21-17(19)12-13-18(20)22-16-10-8-15(9-11-16)14-6-4-3-5-7-14/h3-13H,2H2,1H3/b13-12+. The zero-order valence-corrected chi connectivity index (χ0v) is 12.2. The molecule has 0 fully saturated rings. The third kappa shape index (κ3) is 4.59. The van der Waals surface area contributed by atoms with Gasteiger partial charge < -0.3 is 9.47 Å². The Balaban J connectivity index is 1.97. The van der Waals surface area contributed by atoms with E-state index >= 15 is 0 Å². The number of hydrogen-bond acceptors (Lipinski definition) is 4. The highest BCUT2D eigenvalue weighted by molar-refractivity contribution is 5.92. The minimum absolute atomic E-state index is 0.263. The Kier molecular flexibility index (Phi) is 5.49. The molecule has 0 bridgehead atoms. The van der Waals surface area contributed by atoms with E-state index in [1.165, 1.54) is 0 Å². The van der Waals surface area contributed by atoms with Crippen molar-refractivity contribution in [3.8, 4) is 16.9 Å². The summed E-state index contributed by atoms with van der Waals surface area (Å²) >= 11 is 0. The lowest BCUT2D eigenvalue weighted by Crippen LogP contribution is -2.06. The predicted octanol–water partition coefficient (Wildman–Crippen LogP) is 3.38. The Morgan fingerprint density at radius 2 is 1.45 bits per heavy atom. The molecule has 0 aliphatic carbocycles. The van der Waals surface area contributed by atoms with Crippen LogP contribution in [0.5, 0.6) is 5.75 Å². The van der Waals surface area contributed by atoms with Gasteiger partial charge in [0.15, 0.2) is 0 Å². The van der Waals surface area contributed by atoms with Crippen LogP contribution in [0.25, 0.3) is 11.1 Å². The van der Waals surface area contributed by atoms with Crippen LogP contribution in [0, 0.1) is 0 Å². The first-order valence-electron chi connectivity index (χ1n) is 6.91. The largest absolute Gasteiger partial charge is 0.463 e. The maximum Gasteiger partial charge on any atom is 0.336 e. The van der Waals surface area contributed by atoms with Gasteiger partial charge in [0, 0.05) is 12.2 Å². The molecule has 2 rings (SSSR count). The van der Waals surface area contributed by atoms with Crippen LogP contribution in [-0.4, -0.2) is 18.5 Å². The number of esters is 2. The fourth-order valence-electron chi connectivity index (χ4n) is 1.82. The molecule has 0 unspecified atom stereocenters. The van der Waals surface area contributed by atoms with E-state index in [2.05, 4.69) is 4.74 Å². The molecule has 0 saturated carbocycles. The third-order valence-corrected chi connectivity index (χ3v) is 2.82. The van der Waals surface area contributed by atoms with Gasteiger partial charge in [0.05, 0.1) is 6.61 Å². The van der Waals surface area contributed by atoms with Gasteiger partial charge in [-0.1, -0.05) is 42.5 Å². The summed E-state index contributed by atoms with van der Waals surface area (Å²) in [5.41, 5.74) is 2.12. The molecule has 0 aliphatic rings. The zero-order chi connectivity index (χ0) is 15.8. The first-order valence-corrected chi connectivity index (χ1v) is 6.91. The number of hydrogen-bond donors (Lipinski definition) is 0. The van der Waals surface area contributed by atoms with Gasteiger partial charge in [-0.2, -0.15) is 0 Å². The van der Waals surface area contributed by atoms with Gasteiger partial charge in [-0.3, -0.25) is 0 Å². The van der Waals surface area contributed by atoms with Crippen molar-refractivity contribution in [1.29, 1.82) is 0 Å². The molecule has 0 aromatic heterocycles. The van der Waals surface area contributed by atoms with Crippen LogP contribution in [0.2, 0.25) is 0 Å². The quantitative estimate of drug-likeness (QED) is 0.482. The summed E-state index contributed by atoms with van der Waals surface area (Å²) in [5, 5.41) is 0. The molecule has 0 amide bonds. The van der Waals surface area contributed by atoms with Crippen molar-refractivity contribution in [2.45, 2.75) is 6.92 Å². The van der Waals surface area contributed by atoms with Gasteiger partial charge in [0.2, 0.25) is 0 Å². The molecule has 112 valence electrons. The molecule has 22 heavy (non-hydrogen) atoms. The van der Waals surface area contributed by atoms with Crippen molar-refractivity contribution in [3.05, 3.63) is 66.7 Å². The number of carbonyl (C=O) groups excluding carboxylic acids is 2. The molecule has 0 aliphatic heterocycles. The zero-order valence-electron chi connectivity index (χ0n) is 12.2. The lowest BCUT2D eigenvalue weighted by Gasteiger charge is -2.04. The molecule has 4 heteroatoms. The van der Waals surface area contributed by atoms with E-state index < -0.39 is 11.9 Å². The lowest BCUT2D eigenvalue weighted by molar-refractivity contribution is -0.138. The van der Waals surface area contributed by atoms with Crippen LogP contribution in [0.4, 0.5) is 0 Å². The van der Waals surface area contributed by atoms with Crippen LogP contribution in [0.3, 0.4) is 0 Å². The van der Waals surface area contributed by atoms with Crippen LogP contribution in [0.15, 0.2) is 66.7 Å². The highest BCUT2D eigenvalue weighted by Gasteiger charge is 2.03. The highest BCUT2D eigenvalue weighted by atomic mass is 16.5. The second-order valence-electron chi connectivity index (χ2n) is 4.40. The van der Waals surface area contributed by atoms with Crippen molar-refractivity contribution in [1.82, 2.24) is 0 Å². The average Bonchev–Trinajstić information content (AvgIpc) is 2.55. The lowest BCUT2D eigenvalue weighted by atomic mass is 10.1. The number of benzene rings is 2. The van der Waals surface area contributed by atoms with E-state index in [1.54, 1.807) is 19.1 Å². The average molecular weight is 296 g/mol. The topological polar surface area (TPSA) is 52.6 Å². The molecule has 0 saturated heterocycles. The van der Waals surface area contributed by atoms with E-state index in [0.717, 1.165) is 23.3 Å². The van der Waals surface area contributed by atoms with Gasteiger partial charge in [-0.25, -0.2) is 9.59 Å². The fourth-order valence-corrected chi connectivity index (χ4v) is 1.82. The van der Waals surface area contributed by atoms with Gasteiger partial charge in [0.25, 0.3) is 0 Å². The molecule has 0 radical (unpaired) electrons. The Morgan fingerprint density at radius 3 is 2.09 bits per heavy atom. The summed E-state index contributed by atoms with van der Waals surface area (Å²) in [6.07, 6.45) is 2.09. The molecular formula is C18H16O4. The van der Waals surface area contributed by atoms with Crippen LogP contribution >= 0.6 is 0 Å². The Hall–Kier alpha value is -2.88. The number of carbonyl (C=O) groups is 2. The Labute approximate surface area is 129 Å². The van der Waals surface area contributed by atoms with E-state index in [-0.39, 0.29) is 6.61 Å². The maximum atomic E-state index is 11.6. The van der Waals surface area contributed by atoms with Crippen molar-refractivity contribution < 1.29 is 19.1 Å². The summed E-state index contributed by atoms with van der Waals surface area (Å²) in [6.45, 7) is 1.96. The van der Waals surface area contributed by atoms with Crippen LogP contribution in [0.1, 0.15) is 6.92 Å². The van der Waals surface area contributed by atoms with E-state index in [9.17, 15) is 9.59 Å². The maximum absolute atomic E-state index is 11.6. The van der Waals surface area contributed by atoms with Crippen molar-refractivity contribution in [2.75, 3.05) is 6.61 Å². The summed E-state index contributed by atoms with van der Waals surface area (Å²) in [5.74, 6) is -0.780. The molecule has 0 heterocycles. The molecule has 4 nitrogen and oxygen atoms in total. The second-order valence-corrected chi connectivity index (χ2v) is 4.40. The van der Waals surface area contributed by atoms with Crippen LogP contribution in [-0.2, 0) is 14.3 Å². The van der Waals surface area contributed by atoms with Gasteiger partial charge in [-0.15, -0.1) is 0 Å². The molecule has 0 spiro atoms. The molecule has 2 aromatic carbocycles. The van der Waals surface area contributed by atoms with Gasteiger partial charge >= 0.3 is 11.9 Å². The number of ether oxygens (including phenoxy) is 2. The van der Waals surface area contributed by atoms with Gasteiger partial charge in [0.1, 0.15) is 5.75 Å². The van der Waals surface area contributed by atoms with E-state index in [4.69, 9.17) is 4.74 Å². The first kappa shape index (κ1) is 15.5. The minimum atomic E-state index is -0.625. The smallest absolute Gasteiger partial charge is 0.336 e. The van der Waals surface area contributed by atoms with Crippen molar-refractivity contribution in [2.24, 2.45) is 0 Å². The summed E-state index contributed by atoms with van der Waals surface area (Å²) in [7, 11) is 0. The van der Waals surface area contributed by atoms with Crippen molar-refractivity contribution >= 4 is 11.9 Å². The molecule has 0 atom stereocenters. The van der Waals surface area contributed by atoms with E-state index in [0.29, 0.717) is 5.75 Å². The monoisotopic (exact) mass is 296 g/mol. The highest BCUT2D eigenvalue weighted by Crippen LogP contribution is 2.22.